The summed E-state index contributed by atoms with van der Waals surface area (Å²) in [5.41, 5.74) is 16.0. The van der Waals surface area contributed by atoms with E-state index in [0.717, 1.165) is 17.1 Å². The van der Waals surface area contributed by atoms with Gasteiger partial charge in [0.2, 0.25) is 0 Å². The molecule has 0 saturated carbocycles. The van der Waals surface area contributed by atoms with E-state index in [-0.39, 0.29) is 5.41 Å². The molecular weight excluding hydrogens is 659 g/mol. The third-order valence-electron chi connectivity index (χ3n) is 11.1. The first-order valence-electron chi connectivity index (χ1n) is 18.4. The molecule has 0 radical (unpaired) electrons. The predicted molar refractivity (Wildman–Crippen MR) is 228 cm³/mol. The van der Waals surface area contributed by atoms with Crippen molar-refractivity contribution in [1.82, 2.24) is 0 Å². The van der Waals surface area contributed by atoms with Gasteiger partial charge in [0.15, 0.2) is 0 Å². The van der Waals surface area contributed by atoms with Crippen molar-refractivity contribution in [2.75, 3.05) is 4.90 Å². The highest BCUT2D eigenvalue weighted by atomic mass is 32.1. The normalized spacial score (nSPS) is 12.9. The minimum absolute atomic E-state index is 0.117. The molecule has 9 aromatic rings. The third kappa shape index (κ3) is 5.13. The van der Waals surface area contributed by atoms with Gasteiger partial charge in [-0.15, -0.1) is 11.3 Å². The zero-order valence-electron chi connectivity index (χ0n) is 29.8. The number of anilines is 3. The van der Waals surface area contributed by atoms with E-state index in [1.807, 2.05) is 11.3 Å². The third-order valence-corrected chi connectivity index (χ3v) is 12.2. The molecule has 0 aliphatic heterocycles. The van der Waals surface area contributed by atoms with Gasteiger partial charge in [0.1, 0.15) is 0 Å². The maximum Gasteiger partial charge on any atom is 0.0546 e. The summed E-state index contributed by atoms with van der Waals surface area (Å²) < 4.78 is 2.60. The Bertz CT molecular complexity index is 2810. The van der Waals surface area contributed by atoms with Crippen LogP contribution in [-0.4, -0.2) is 0 Å². The highest BCUT2D eigenvalue weighted by Crippen LogP contribution is 2.53. The Morgan fingerprint density at radius 2 is 1.04 bits per heavy atom. The van der Waals surface area contributed by atoms with Gasteiger partial charge in [-0.05, 0) is 98.6 Å². The van der Waals surface area contributed by atoms with Crippen LogP contribution < -0.4 is 4.90 Å². The molecule has 1 aliphatic rings. The predicted octanol–water partition coefficient (Wildman–Crippen LogP) is 14.8. The zero-order valence-corrected chi connectivity index (χ0v) is 30.6. The number of nitrogens with zero attached hydrogens (tertiary/aromatic N) is 1. The number of rotatable bonds is 6. The Morgan fingerprint density at radius 3 is 1.91 bits per heavy atom. The lowest BCUT2D eigenvalue weighted by Gasteiger charge is -2.31. The second-order valence-corrected chi connectivity index (χ2v) is 15.6. The standard InChI is InChI=1S/C51H37NS/c1-51(2)44-26-11-9-22-40(44)41-31-30-38(33-45(41)51)52(37-20-7-4-8-21-37)46-27-14-24-39(36-19-13-18-35(32-36)34-16-5-3-6-17-34)49(46)43-25-15-29-48-50(43)42-23-10-12-28-47(42)53-48/h3-33H,1-2H3. The van der Waals surface area contributed by atoms with E-state index >= 15 is 0 Å². The molecule has 0 amide bonds. The summed E-state index contributed by atoms with van der Waals surface area (Å²) in [6.07, 6.45) is 0. The number of hydrogen-bond donors (Lipinski definition) is 0. The molecule has 0 N–H and O–H groups in total. The molecule has 1 aliphatic carbocycles. The van der Waals surface area contributed by atoms with Crippen LogP contribution in [0.3, 0.4) is 0 Å². The lowest BCUT2D eigenvalue weighted by molar-refractivity contribution is 0.660. The van der Waals surface area contributed by atoms with Crippen LogP contribution in [0.5, 0.6) is 0 Å². The van der Waals surface area contributed by atoms with Crippen molar-refractivity contribution in [2.24, 2.45) is 0 Å². The van der Waals surface area contributed by atoms with Gasteiger partial charge < -0.3 is 4.90 Å². The van der Waals surface area contributed by atoms with Crippen molar-refractivity contribution >= 4 is 48.6 Å². The highest BCUT2D eigenvalue weighted by molar-refractivity contribution is 7.25. The lowest BCUT2D eigenvalue weighted by atomic mass is 9.82. The van der Waals surface area contributed by atoms with Gasteiger partial charge in [-0.2, -0.15) is 0 Å². The fourth-order valence-electron chi connectivity index (χ4n) is 8.57. The lowest BCUT2D eigenvalue weighted by Crippen LogP contribution is -2.17. The van der Waals surface area contributed by atoms with E-state index in [1.165, 1.54) is 75.8 Å². The maximum atomic E-state index is 2.48. The summed E-state index contributed by atoms with van der Waals surface area (Å²) in [7, 11) is 0. The van der Waals surface area contributed by atoms with E-state index in [2.05, 4.69) is 207 Å². The van der Waals surface area contributed by atoms with Crippen LogP contribution in [-0.2, 0) is 5.41 Å². The largest absolute Gasteiger partial charge is 0.310 e. The molecule has 53 heavy (non-hydrogen) atoms. The van der Waals surface area contributed by atoms with E-state index in [9.17, 15) is 0 Å². The van der Waals surface area contributed by atoms with E-state index in [1.54, 1.807) is 0 Å². The van der Waals surface area contributed by atoms with E-state index in [0.29, 0.717) is 0 Å². The zero-order chi connectivity index (χ0) is 35.5. The fraction of sp³-hybridized carbons (Fsp3) is 0.0588. The van der Waals surface area contributed by atoms with Crippen molar-refractivity contribution in [2.45, 2.75) is 19.3 Å². The van der Waals surface area contributed by atoms with Crippen LogP contribution in [0.1, 0.15) is 25.0 Å². The first kappa shape index (κ1) is 31.5. The topological polar surface area (TPSA) is 3.24 Å². The van der Waals surface area contributed by atoms with Gasteiger partial charge in [-0.1, -0.05) is 153 Å². The molecule has 1 heterocycles. The molecule has 0 spiro atoms. The Labute approximate surface area is 315 Å². The molecule has 8 aromatic carbocycles. The molecule has 1 nitrogen and oxygen atoms in total. The first-order valence-corrected chi connectivity index (χ1v) is 19.2. The minimum Gasteiger partial charge on any atom is -0.310 e. The Hall–Kier alpha value is -6.22. The SMILES string of the molecule is CC1(C)c2ccccc2-c2ccc(N(c3ccccc3)c3cccc(-c4cccc(-c5ccccc5)c4)c3-c3cccc4sc5ccccc5c34)cc21. The monoisotopic (exact) mass is 695 g/mol. The second kappa shape index (κ2) is 12.5. The van der Waals surface area contributed by atoms with Crippen LogP contribution in [0.4, 0.5) is 17.1 Å². The van der Waals surface area contributed by atoms with Crippen LogP contribution in [0.25, 0.3) is 64.7 Å². The second-order valence-electron chi connectivity index (χ2n) is 14.5. The summed E-state index contributed by atoms with van der Waals surface area (Å²) >= 11 is 1.87. The van der Waals surface area contributed by atoms with Crippen molar-refractivity contribution < 1.29 is 0 Å². The average Bonchev–Trinajstić information content (AvgIpc) is 3.71. The summed E-state index contributed by atoms with van der Waals surface area (Å²) in [6.45, 7) is 4.73. The van der Waals surface area contributed by atoms with Gasteiger partial charge in [-0.3, -0.25) is 0 Å². The first-order chi connectivity index (χ1) is 26.1. The van der Waals surface area contributed by atoms with Gasteiger partial charge in [0.25, 0.3) is 0 Å². The van der Waals surface area contributed by atoms with E-state index < -0.39 is 0 Å². The molecule has 0 bridgehead atoms. The van der Waals surface area contributed by atoms with Crippen LogP contribution >= 0.6 is 11.3 Å². The molecule has 0 atom stereocenters. The van der Waals surface area contributed by atoms with Crippen LogP contribution in [0.2, 0.25) is 0 Å². The number of benzene rings is 8. The quantitative estimate of drug-likeness (QED) is 0.167. The molecular formula is C51H37NS. The van der Waals surface area contributed by atoms with Gasteiger partial charge in [0.05, 0.1) is 5.69 Å². The molecule has 2 heteroatoms. The molecule has 0 unspecified atom stereocenters. The highest BCUT2D eigenvalue weighted by Gasteiger charge is 2.36. The maximum absolute atomic E-state index is 2.48. The smallest absolute Gasteiger partial charge is 0.0546 e. The van der Waals surface area contributed by atoms with Crippen molar-refractivity contribution in [1.29, 1.82) is 0 Å². The van der Waals surface area contributed by atoms with Crippen molar-refractivity contribution in [3.8, 4) is 44.5 Å². The Morgan fingerprint density at radius 1 is 0.415 bits per heavy atom. The Balaban J connectivity index is 1.27. The van der Waals surface area contributed by atoms with Crippen molar-refractivity contribution in [3.05, 3.63) is 199 Å². The number of fused-ring (bicyclic) bond motifs is 6. The molecule has 252 valence electrons. The number of thiophene rings is 1. The summed E-state index contributed by atoms with van der Waals surface area (Å²) in [5.74, 6) is 0. The summed E-state index contributed by atoms with van der Waals surface area (Å²) in [4.78, 5) is 2.48. The van der Waals surface area contributed by atoms with Gasteiger partial charge >= 0.3 is 0 Å². The number of hydrogen-bond acceptors (Lipinski definition) is 2. The van der Waals surface area contributed by atoms with Crippen LogP contribution in [0.15, 0.2) is 188 Å². The van der Waals surface area contributed by atoms with Gasteiger partial charge in [0, 0.05) is 42.5 Å². The van der Waals surface area contributed by atoms with E-state index in [4.69, 9.17) is 0 Å². The molecule has 10 rings (SSSR count). The summed E-state index contributed by atoms with van der Waals surface area (Å²) in [5, 5.41) is 2.60. The molecule has 1 aromatic heterocycles. The van der Waals surface area contributed by atoms with Crippen molar-refractivity contribution in [3.63, 3.8) is 0 Å². The summed E-state index contributed by atoms with van der Waals surface area (Å²) in [6, 6.07) is 69.1. The fourth-order valence-corrected chi connectivity index (χ4v) is 9.70. The number of para-hydroxylation sites is 1. The molecule has 0 fully saturated rings. The van der Waals surface area contributed by atoms with Gasteiger partial charge in [-0.25, -0.2) is 0 Å². The molecule has 0 saturated heterocycles. The average molecular weight is 696 g/mol. The minimum atomic E-state index is -0.117. The van der Waals surface area contributed by atoms with Crippen LogP contribution in [0, 0.1) is 0 Å². The Kier molecular flexibility index (Phi) is 7.42.